The van der Waals surface area contributed by atoms with E-state index in [9.17, 15) is 0 Å². The SMILES string of the molecule is NC(c1cccs1)c1nnc2n1CCCC2. The van der Waals surface area contributed by atoms with Gasteiger partial charge in [0.2, 0.25) is 0 Å². The molecule has 0 radical (unpaired) electrons. The number of nitrogens with zero attached hydrogens (tertiary/aromatic N) is 3. The lowest BCUT2D eigenvalue weighted by Gasteiger charge is -2.17. The first-order valence-electron chi connectivity index (χ1n) is 5.57. The van der Waals surface area contributed by atoms with E-state index in [0.29, 0.717) is 0 Å². The zero-order chi connectivity index (χ0) is 11.0. The van der Waals surface area contributed by atoms with E-state index in [-0.39, 0.29) is 6.04 Å². The summed E-state index contributed by atoms with van der Waals surface area (Å²) in [5.41, 5.74) is 6.22. The Morgan fingerprint density at radius 2 is 2.31 bits per heavy atom. The summed E-state index contributed by atoms with van der Waals surface area (Å²) in [5, 5.41) is 10.5. The minimum absolute atomic E-state index is 0.126. The molecule has 16 heavy (non-hydrogen) atoms. The number of fused-ring (bicyclic) bond motifs is 1. The van der Waals surface area contributed by atoms with E-state index in [0.717, 1.165) is 29.5 Å². The highest BCUT2D eigenvalue weighted by Gasteiger charge is 2.21. The Labute approximate surface area is 98.1 Å². The van der Waals surface area contributed by atoms with Crippen molar-refractivity contribution in [1.29, 1.82) is 0 Å². The molecule has 0 saturated carbocycles. The molecule has 0 amide bonds. The van der Waals surface area contributed by atoms with Crippen LogP contribution in [-0.2, 0) is 13.0 Å². The molecule has 2 N–H and O–H groups in total. The Morgan fingerprint density at radius 3 is 3.12 bits per heavy atom. The maximum absolute atomic E-state index is 6.22. The molecule has 0 aromatic carbocycles. The Bertz CT molecular complexity index is 474. The van der Waals surface area contributed by atoms with Crippen molar-refractivity contribution in [2.75, 3.05) is 0 Å². The predicted molar refractivity (Wildman–Crippen MR) is 63.3 cm³/mol. The quantitative estimate of drug-likeness (QED) is 0.860. The van der Waals surface area contributed by atoms with Gasteiger partial charge in [0.1, 0.15) is 11.9 Å². The Hall–Kier alpha value is -1.20. The van der Waals surface area contributed by atoms with E-state index < -0.39 is 0 Å². The summed E-state index contributed by atoms with van der Waals surface area (Å²) in [6, 6.07) is 3.95. The molecule has 5 heteroatoms. The van der Waals surface area contributed by atoms with Crippen molar-refractivity contribution in [2.24, 2.45) is 5.73 Å². The topological polar surface area (TPSA) is 56.7 Å². The number of hydrogen-bond donors (Lipinski definition) is 1. The average molecular weight is 234 g/mol. The van der Waals surface area contributed by atoms with Crippen LogP contribution in [-0.4, -0.2) is 14.8 Å². The second-order valence-electron chi connectivity index (χ2n) is 4.08. The minimum Gasteiger partial charge on any atom is -0.317 e. The van der Waals surface area contributed by atoms with Gasteiger partial charge in [-0.15, -0.1) is 21.5 Å². The molecule has 0 bridgehead atoms. The molecule has 3 heterocycles. The van der Waals surface area contributed by atoms with Crippen molar-refractivity contribution in [1.82, 2.24) is 14.8 Å². The van der Waals surface area contributed by atoms with Crippen molar-refractivity contribution < 1.29 is 0 Å². The fraction of sp³-hybridized carbons (Fsp3) is 0.455. The lowest BCUT2D eigenvalue weighted by molar-refractivity contribution is 0.501. The van der Waals surface area contributed by atoms with Gasteiger partial charge in [-0.2, -0.15) is 0 Å². The van der Waals surface area contributed by atoms with Gasteiger partial charge in [-0.1, -0.05) is 6.07 Å². The zero-order valence-corrected chi connectivity index (χ0v) is 9.78. The molecule has 2 aromatic rings. The second-order valence-corrected chi connectivity index (χ2v) is 5.06. The number of aromatic nitrogens is 3. The van der Waals surface area contributed by atoms with Crippen LogP contribution in [0.15, 0.2) is 17.5 Å². The molecule has 1 atom stereocenters. The number of hydrogen-bond acceptors (Lipinski definition) is 4. The fourth-order valence-electron chi connectivity index (χ4n) is 2.16. The highest BCUT2D eigenvalue weighted by Crippen LogP contribution is 2.25. The summed E-state index contributed by atoms with van der Waals surface area (Å²) in [4.78, 5) is 1.15. The maximum Gasteiger partial charge on any atom is 0.155 e. The summed E-state index contributed by atoms with van der Waals surface area (Å²) in [6.07, 6.45) is 3.45. The third-order valence-corrected chi connectivity index (χ3v) is 3.97. The Kier molecular flexibility index (Phi) is 2.49. The zero-order valence-electron chi connectivity index (χ0n) is 8.97. The van der Waals surface area contributed by atoms with Crippen LogP contribution in [0.2, 0.25) is 0 Å². The van der Waals surface area contributed by atoms with Crippen molar-refractivity contribution >= 4 is 11.3 Å². The lowest BCUT2D eigenvalue weighted by Crippen LogP contribution is -2.20. The molecule has 3 rings (SSSR count). The highest BCUT2D eigenvalue weighted by molar-refractivity contribution is 7.10. The third kappa shape index (κ3) is 1.56. The minimum atomic E-state index is -0.126. The van der Waals surface area contributed by atoms with E-state index in [1.807, 2.05) is 11.4 Å². The van der Waals surface area contributed by atoms with Gasteiger partial charge in [-0.25, -0.2) is 0 Å². The van der Waals surface area contributed by atoms with Gasteiger partial charge in [0.05, 0.1) is 0 Å². The van der Waals surface area contributed by atoms with E-state index in [1.54, 1.807) is 11.3 Å². The molecule has 2 aromatic heterocycles. The van der Waals surface area contributed by atoms with Crippen LogP contribution in [0.5, 0.6) is 0 Å². The smallest absolute Gasteiger partial charge is 0.155 e. The van der Waals surface area contributed by atoms with Crippen LogP contribution < -0.4 is 5.73 Å². The van der Waals surface area contributed by atoms with Gasteiger partial charge >= 0.3 is 0 Å². The van der Waals surface area contributed by atoms with Gasteiger partial charge in [0, 0.05) is 17.8 Å². The summed E-state index contributed by atoms with van der Waals surface area (Å²) in [5.74, 6) is 2.01. The number of rotatable bonds is 2. The molecule has 84 valence electrons. The first-order valence-corrected chi connectivity index (χ1v) is 6.45. The fourth-order valence-corrected chi connectivity index (χ4v) is 2.88. The van der Waals surface area contributed by atoms with Crippen LogP contribution in [0.25, 0.3) is 0 Å². The second kappa shape index (κ2) is 3.99. The van der Waals surface area contributed by atoms with Crippen LogP contribution in [0, 0.1) is 0 Å². The first kappa shape index (κ1) is 9.99. The summed E-state index contributed by atoms with van der Waals surface area (Å²) in [7, 11) is 0. The number of nitrogens with two attached hydrogens (primary N) is 1. The molecule has 4 nitrogen and oxygen atoms in total. The van der Waals surface area contributed by atoms with Gasteiger partial charge < -0.3 is 10.3 Å². The molecule has 1 aliphatic rings. The molecule has 0 saturated heterocycles. The molecular weight excluding hydrogens is 220 g/mol. The van der Waals surface area contributed by atoms with Gasteiger partial charge in [0.25, 0.3) is 0 Å². The van der Waals surface area contributed by atoms with Crippen molar-refractivity contribution in [3.63, 3.8) is 0 Å². The Morgan fingerprint density at radius 1 is 1.38 bits per heavy atom. The maximum atomic E-state index is 6.22. The van der Waals surface area contributed by atoms with Gasteiger partial charge in [0.15, 0.2) is 5.82 Å². The van der Waals surface area contributed by atoms with E-state index in [2.05, 4.69) is 20.8 Å². The number of aryl methyl sites for hydroxylation is 1. The number of thiophene rings is 1. The Balaban J connectivity index is 1.97. The normalized spacial score (nSPS) is 17.1. The van der Waals surface area contributed by atoms with E-state index in [1.165, 1.54) is 12.8 Å². The monoisotopic (exact) mass is 234 g/mol. The van der Waals surface area contributed by atoms with Crippen molar-refractivity contribution in [3.05, 3.63) is 34.0 Å². The average Bonchev–Trinajstić information content (AvgIpc) is 2.98. The van der Waals surface area contributed by atoms with Gasteiger partial charge in [-0.05, 0) is 24.3 Å². The van der Waals surface area contributed by atoms with Crippen LogP contribution in [0.3, 0.4) is 0 Å². The largest absolute Gasteiger partial charge is 0.317 e. The molecule has 0 fully saturated rings. The predicted octanol–water partition coefficient (Wildman–Crippen LogP) is 1.72. The van der Waals surface area contributed by atoms with Gasteiger partial charge in [-0.3, -0.25) is 0 Å². The molecule has 1 unspecified atom stereocenters. The van der Waals surface area contributed by atoms with Crippen LogP contribution in [0.1, 0.15) is 35.4 Å². The molecule has 1 aliphatic heterocycles. The third-order valence-electron chi connectivity index (χ3n) is 3.02. The molecular formula is C11H14N4S. The lowest BCUT2D eigenvalue weighted by atomic mass is 10.1. The standard InChI is InChI=1S/C11H14N4S/c12-10(8-4-3-7-16-8)11-14-13-9-5-1-2-6-15(9)11/h3-4,7,10H,1-2,5-6,12H2. The summed E-state index contributed by atoms with van der Waals surface area (Å²) < 4.78 is 2.19. The first-order chi connectivity index (χ1) is 7.86. The van der Waals surface area contributed by atoms with E-state index >= 15 is 0 Å². The van der Waals surface area contributed by atoms with Crippen LogP contribution in [0.4, 0.5) is 0 Å². The summed E-state index contributed by atoms with van der Waals surface area (Å²) >= 11 is 1.67. The van der Waals surface area contributed by atoms with E-state index in [4.69, 9.17) is 5.73 Å². The van der Waals surface area contributed by atoms with Crippen LogP contribution >= 0.6 is 11.3 Å². The summed E-state index contributed by atoms with van der Waals surface area (Å²) in [6.45, 7) is 1.01. The van der Waals surface area contributed by atoms with Crippen molar-refractivity contribution in [3.8, 4) is 0 Å². The molecule has 0 aliphatic carbocycles. The highest BCUT2D eigenvalue weighted by atomic mass is 32.1. The van der Waals surface area contributed by atoms with Crippen molar-refractivity contribution in [2.45, 2.75) is 31.8 Å². The molecule has 0 spiro atoms.